The maximum atomic E-state index is 11.8. The molecule has 1 N–H and O–H groups in total. The summed E-state index contributed by atoms with van der Waals surface area (Å²) in [5.41, 5.74) is 4.89. The number of hydrogen-bond acceptors (Lipinski definition) is 4. The summed E-state index contributed by atoms with van der Waals surface area (Å²) in [4.78, 5) is 16.2. The van der Waals surface area contributed by atoms with Crippen molar-refractivity contribution >= 4 is 46.2 Å². The minimum absolute atomic E-state index is 0.165. The number of amides is 1. The number of nitrogens with one attached hydrogen (secondary N) is 1. The first-order chi connectivity index (χ1) is 12.5. The van der Waals surface area contributed by atoms with Crippen molar-refractivity contribution in [1.82, 2.24) is 10.4 Å². The summed E-state index contributed by atoms with van der Waals surface area (Å²) >= 11 is 12.0. The molecule has 0 spiro atoms. The molecule has 0 aliphatic heterocycles. The standard InChI is InChI=1S/C19H15Cl2N3O2/c1-12-3-2-4-13-9-14(19(21)23-18(12)13)10-22-24-17(25)11-26-16-7-5-15(20)6-8-16/h2-10H,11H2,1H3,(H,24,25)/b22-10-. The number of carbonyl (C=O) groups excluding carboxylic acids is 1. The van der Waals surface area contributed by atoms with E-state index in [1.165, 1.54) is 6.21 Å². The Kier molecular flexibility index (Phi) is 5.71. The summed E-state index contributed by atoms with van der Waals surface area (Å²) in [5, 5.41) is 5.78. The van der Waals surface area contributed by atoms with Crippen LogP contribution < -0.4 is 10.2 Å². The maximum Gasteiger partial charge on any atom is 0.277 e. The zero-order valence-electron chi connectivity index (χ0n) is 13.9. The van der Waals surface area contributed by atoms with E-state index in [4.69, 9.17) is 27.9 Å². The highest BCUT2D eigenvalue weighted by molar-refractivity contribution is 6.32. The molecule has 0 atom stereocenters. The number of fused-ring (bicyclic) bond motifs is 1. The van der Waals surface area contributed by atoms with Crippen molar-refractivity contribution in [3.8, 4) is 5.75 Å². The van der Waals surface area contributed by atoms with E-state index < -0.39 is 5.91 Å². The van der Waals surface area contributed by atoms with Gasteiger partial charge >= 0.3 is 0 Å². The van der Waals surface area contributed by atoms with Crippen LogP contribution in [-0.4, -0.2) is 23.7 Å². The molecule has 0 radical (unpaired) electrons. The molecule has 1 heterocycles. The van der Waals surface area contributed by atoms with Crippen LogP contribution in [0.1, 0.15) is 11.1 Å². The van der Waals surface area contributed by atoms with E-state index >= 15 is 0 Å². The molecular weight excluding hydrogens is 373 g/mol. The van der Waals surface area contributed by atoms with Gasteiger partial charge in [0.05, 0.1) is 11.7 Å². The molecule has 0 saturated carbocycles. The van der Waals surface area contributed by atoms with Crippen molar-refractivity contribution in [2.75, 3.05) is 6.61 Å². The molecule has 3 aromatic rings. The fourth-order valence-electron chi connectivity index (χ4n) is 2.32. The second-order valence-electron chi connectivity index (χ2n) is 5.55. The number of hydrogen-bond donors (Lipinski definition) is 1. The second kappa shape index (κ2) is 8.17. The van der Waals surface area contributed by atoms with E-state index in [9.17, 15) is 4.79 Å². The van der Waals surface area contributed by atoms with Crippen molar-refractivity contribution < 1.29 is 9.53 Å². The number of halogens is 2. The minimum atomic E-state index is -0.392. The van der Waals surface area contributed by atoms with Crippen molar-refractivity contribution in [1.29, 1.82) is 0 Å². The van der Waals surface area contributed by atoms with Gasteiger partial charge in [0.15, 0.2) is 6.61 Å². The summed E-state index contributed by atoms with van der Waals surface area (Å²) in [6.07, 6.45) is 1.46. The van der Waals surface area contributed by atoms with Gasteiger partial charge in [-0.05, 0) is 42.8 Å². The summed E-state index contributed by atoms with van der Waals surface area (Å²) in [7, 11) is 0. The largest absolute Gasteiger partial charge is 0.484 e. The van der Waals surface area contributed by atoms with E-state index in [1.807, 2.05) is 31.2 Å². The van der Waals surface area contributed by atoms with Crippen molar-refractivity contribution in [2.45, 2.75) is 6.92 Å². The summed E-state index contributed by atoms with van der Waals surface area (Å²) in [6, 6.07) is 14.5. The zero-order valence-corrected chi connectivity index (χ0v) is 15.4. The molecule has 7 heteroatoms. The van der Waals surface area contributed by atoms with Gasteiger partial charge in [0, 0.05) is 16.0 Å². The summed E-state index contributed by atoms with van der Waals surface area (Å²) in [5.74, 6) is 0.155. The molecule has 0 fully saturated rings. The number of nitrogens with zero attached hydrogens (tertiary/aromatic N) is 2. The normalized spacial score (nSPS) is 11.0. The third-order valence-corrected chi connectivity index (χ3v) is 4.16. The van der Waals surface area contributed by atoms with E-state index in [-0.39, 0.29) is 6.61 Å². The van der Waals surface area contributed by atoms with E-state index in [2.05, 4.69) is 15.5 Å². The van der Waals surface area contributed by atoms with Gasteiger partial charge in [0.25, 0.3) is 5.91 Å². The first kappa shape index (κ1) is 18.2. The van der Waals surface area contributed by atoms with Crippen molar-refractivity contribution in [2.24, 2.45) is 5.10 Å². The van der Waals surface area contributed by atoms with Crippen LogP contribution in [0, 0.1) is 6.92 Å². The van der Waals surface area contributed by atoms with Gasteiger partial charge in [0.1, 0.15) is 10.9 Å². The van der Waals surface area contributed by atoms with Crippen LogP contribution in [0.3, 0.4) is 0 Å². The SMILES string of the molecule is Cc1cccc2cc(/C=N\NC(=O)COc3ccc(Cl)cc3)c(Cl)nc12. The van der Waals surface area contributed by atoms with Crippen LogP contribution >= 0.6 is 23.2 Å². The minimum Gasteiger partial charge on any atom is -0.484 e. The molecular formula is C19H15Cl2N3O2. The molecule has 0 aliphatic rings. The third-order valence-electron chi connectivity index (χ3n) is 3.60. The highest BCUT2D eigenvalue weighted by Gasteiger charge is 2.06. The van der Waals surface area contributed by atoms with Crippen molar-refractivity contribution in [3.05, 3.63) is 69.8 Å². The molecule has 2 aromatic carbocycles. The zero-order chi connectivity index (χ0) is 18.5. The molecule has 26 heavy (non-hydrogen) atoms. The molecule has 0 bridgehead atoms. The molecule has 1 aromatic heterocycles. The Morgan fingerprint density at radius 3 is 2.77 bits per heavy atom. The predicted octanol–water partition coefficient (Wildman–Crippen LogP) is 4.38. The average Bonchev–Trinajstić information content (AvgIpc) is 2.62. The number of benzene rings is 2. The lowest BCUT2D eigenvalue weighted by molar-refractivity contribution is -0.123. The van der Waals surface area contributed by atoms with E-state index in [1.54, 1.807) is 24.3 Å². The number of carbonyl (C=O) groups is 1. The van der Waals surface area contributed by atoms with Crippen LogP contribution in [0.2, 0.25) is 10.2 Å². The lowest BCUT2D eigenvalue weighted by Crippen LogP contribution is -2.24. The van der Waals surface area contributed by atoms with Crippen LogP contribution in [-0.2, 0) is 4.79 Å². The second-order valence-corrected chi connectivity index (χ2v) is 6.35. The van der Waals surface area contributed by atoms with Gasteiger partial charge in [-0.2, -0.15) is 5.10 Å². The van der Waals surface area contributed by atoms with Gasteiger partial charge in [-0.15, -0.1) is 0 Å². The fourth-order valence-corrected chi connectivity index (χ4v) is 2.63. The molecule has 5 nitrogen and oxygen atoms in total. The number of aromatic nitrogens is 1. The van der Waals surface area contributed by atoms with Gasteiger partial charge in [0.2, 0.25) is 0 Å². The fraction of sp³-hybridized carbons (Fsp3) is 0.105. The van der Waals surface area contributed by atoms with Gasteiger partial charge in [-0.25, -0.2) is 10.4 Å². The number of hydrazone groups is 1. The third kappa shape index (κ3) is 4.50. The maximum absolute atomic E-state index is 11.8. The Bertz CT molecular complexity index is 972. The number of rotatable bonds is 5. The molecule has 0 unspecified atom stereocenters. The highest BCUT2D eigenvalue weighted by Crippen LogP contribution is 2.21. The Balaban J connectivity index is 1.61. The number of para-hydroxylation sites is 1. The van der Waals surface area contributed by atoms with Crippen LogP contribution in [0.4, 0.5) is 0 Å². The topological polar surface area (TPSA) is 63.6 Å². The van der Waals surface area contributed by atoms with Gasteiger partial charge in [-0.1, -0.05) is 41.4 Å². The molecule has 0 aliphatic carbocycles. The summed E-state index contributed by atoms with van der Waals surface area (Å²) < 4.78 is 5.34. The quantitative estimate of drug-likeness (QED) is 0.401. The first-order valence-electron chi connectivity index (χ1n) is 7.79. The monoisotopic (exact) mass is 387 g/mol. The van der Waals surface area contributed by atoms with Crippen LogP contribution in [0.25, 0.3) is 10.9 Å². The van der Waals surface area contributed by atoms with E-state index in [0.717, 1.165) is 16.5 Å². The Labute approximate surface area is 160 Å². The average molecular weight is 388 g/mol. The van der Waals surface area contributed by atoms with Crippen LogP contribution in [0.5, 0.6) is 5.75 Å². The van der Waals surface area contributed by atoms with Gasteiger partial charge in [-0.3, -0.25) is 4.79 Å². The highest BCUT2D eigenvalue weighted by atomic mass is 35.5. The lowest BCUT2D eigenvalue weighted by Gasteiger charge is -2.05. The van der Waals surface area contributed by atoms with Crippen molar-refractivity contribution in [3.63, 3.8) is 0 Å². The summed E-state index contributed by atoms with van der Waals surface area (Å²) in [6.45, 7) is 1.81. The van der Waals surface area contributed by atoms with Gasteiger partial charge < -0.3 is 4.74 Å². The Hall–Kier alpha value is -2.63. The Morgan fingerprint density at radius 2 is 2.00 bits per heavy atom. The smallest absolute Gasteiger partial charge is 0.277 e. The number of pyridine rings is 1. The predicted molar refractivity (Wildman–Crippen MR) is 104 cm³/mol. The molecule has 3 rings (SSSR count). The number of aryl methyl sites for hydroxylation is 1. The lowest BCUT2D eigenvalue weighted by atomic mass is 10.1. The first-order valence-corrected chi connectivity index (χ1v) is 8.54. The van der Waals surface area contributed by atoms with E-state index in [0.29, 0.717) is 21.5 Å². The molecule has 1 amide bonds. The number of ether oxygens (including phenoxy) is 1. The Morgan fingerprint density at radius 1 is 1.23 bits per heavy atom. The van der Waals surface area contributed by atoms with Crippen LogP contribution in [0.15, 0.2) is 53.6 Å². The molecule has 132 valence electrons. The molecule has 0 saturated heterocycles.